The monoisotopic (exact) mass is 894 g/mol. The number of hydrogen-bond donors (Lipinski definition) is 2. The first-order chi connectivity index (χ1) is 31.9. The first-order valence-corrected chi connectivity index (χ1v) is 21.2. The van der Waals surface area contributed by atoms with Gasteiger partial charge < -0.3 is 29.5 Å². The molecule has 336 valence electrons. The molecule has 4 aliphatic heterocycles. The lowest BCUT2D eigenvalue weighted by Gasteiger charge is -2.43. The number of amides is 2. The van der Waals surface area contributed by atoms with Crippen LogP contribution in [0.3, 0.4) is 0 Å². The summed E-state index contributed by atoms with van der Waals surface area (Å²) in [5, 5.41) is 24.7. The average Bonchev–Trinajstić information content (AvgIpc) is 3.38. The highest BCUT2D eigenvalue weighted by atomic mass is 19.1. The van der Waals surface area contributed by atoms with Gasteiger partial charge in [-0.15, -0.1) is 0 Å². The maximum Gasteiger partial charge on any atom is 0.278 e. The molecule has 0 aliphatic carbocycles. The first-order valence-electron chi connectivity index (χ1n) is 21.2. The van der Waals surface area contributed by atoms with Crippen molar-refractivity contribution < 1.29 is 38.1 Å². The van der Waals surface area contributed by atoms with Crippen LogP contribution in [-0.2, 0) is 0 Å². The van der Waals surface area contributed by atoms with E-state index in [1.54, 1.807) is 50.3 Å². The van der Waals surface area contributed by atoms with E-state index >= 15 is 8.78 Å². The molecule has 2 aromatic heterocycles. The summed E-state index contributed by atoms with van der Waals surface area (Å²) < 4.78 is 45.3. The molecule has 4 aliphatic rings. The summed E-state index contributed by atoms with van der Waals surface area (Å²) in [4.78, 5) is 53.8. The molecule has 4 aromatic carbocycles. The minimum atomic E-state index is -0.641. The van der Waals surface area contributed by atoms with Crippen LogP contribution in [0.5, 0.6) is 23.0 Å². The minimum absolute atomic E-state index is 0.127. The van der Waals surface area contributed by atoms with E-state index in [9.17, 15) is 29.4 Å². The number of fused-ring (bicyclic) bond motifs is 10. The first kappa shape index (κ1) is 43.1. The van der Waals surface area contributed by atoms with Crippen LogP contribution in [0.1, 0.15) is 66.4 Å². The van der Waals surface area contributed by atoms with Crippen LogP contribution < -0.4 is 30.3 Å². The van der Waals surface area contributed by atoms with E-state index in [1.807, 2.05) is 82.8 Å². The largest absolute Gasteiger partial charge is 0.502 e. The number of aromatic nitrogens is 2. The Morgan fingerprint density at radius 1 is 0.530 bits per heavy atom. The summed E-state index contributed by atoms with van der Waals surface area (Å²) in [6.07, 6.45) is 9.86. The molecular weight excluding hydrogens is 851 g/mol. The van der Waals surface area contributed by atoms with Gasteiger partial charge in [0.15, 0.2) is 46.0 Å². The normalized spacial score (nSPS) is 18.6. The second kappa shape index (κ2) is 17.8. The molecule has 0 saturated heterocycles. The number of pyridine rings is 2. The molecule has 6 heterocycles. The summed E-state index contributed by atoms with van der Waals surface area (Å²) in [6.45, 7) is 4.38. The van der Waals surface area contributed by atoms with Crippen LogP contribution in [-0.4, -0.2) is 80.8 Å². The van der Waals surface area contributed by atoms with Crippen molar-refractivity contribution in [1.29, 1.82) is 0 Å². The molecule has 2 N–H and O–H groups in total. The van der Waals surface area contributed by atoms with E-state index in [1.165, 1.54) is 43.7 Å². The highest BCUT2D eigenvalue weighted by molar-refractivity contribution is 5.97. The Morgan fingerprint density at radius 2 is 0.924 bits per heavy atom. The number of aromatic hydroxyl groups is 2. The van der Waals surface area contributed by atoms with Gasteiger partial charge >= 0.3 is 0 Å². The van der Waals surface area contributed by atoms with Gasteiger partial charge in [-0.3, -0.25) is 38.5 Å². The molecule has 14 nitrogen and oxygen atoms in total. The molecule has 10 rings (SSSR count). The number of carbonyl (C=O) groups is 2. The zero-order valence-electron chi connectivity index (χ0n) is 35.9. The number of halogens is 2. The molecule has 16 heteroatoms. The molecule has 6 aromatic rings. The second-order valence-electron chi connectivity index (χ2n) is 16.1. The van der Waals surface area contributed by atoms with Gasteiger partial charge in [-0.1, -0.05) is 97.1 Å². The fourth-order valence-electron chi connectivity index (χ4n) is 8.63. The van der Waals surface area contributed by atoms with Crippen LogP contribution in [0.2, 0.25) is 0 Å². The Kier molecular flexibility index (Phi) is 11.6. The Morgan fingerprint density at radius 3 is 1.32 bits per heavy atom. The molecule has 0 fully saturated rings. The highest BCUT2D eigenvalue weighted by Gasteiger charge is 2.40. The van der Waals surface area contributed by atoms with Gasteiger partial charge in [0, 0.05) is 48.7 Å². The van der Waals surface area contributed by atoms with Crippen molar-refractivity contribution in [3.05, 3.63) is 211 Å². The van der Waals surface area contributed by atoms with Crippen LogP contribution in [0.15, 0.2) is 143 Å². The quantitative estimate of drug-likeness (QED) is 0.193. The predicted molar refractivity (Wildman–Crippen MR) is 241 cm³/mol. The van der Waals surface area contributed by atoms with E-state index in [2.05, 4.69) is 0 Å². The number of rotatable bonds is 2. The van der Waals surface area contributed by atoms with Crippen LogP contribution in [0, 0.1) is 25.5 Å². The molecule has 4 bridgehead atoms. The smallest absolute Gasteiger partial charge is 0.278 e. The number of benzene rings is 4. The molecular formula is C50H44F2N6O8. The summed E-state index contributed by atoms with van der Waals surface area (Å²) >= 11 is 0. The third kappa shape index (κ3) is 7.69. The maximum absolute atomic E-state index is 15.3. The molecule has 0 radical (unpaired) electrons. The van der Waals surface area contributed by atoms with Crippen molar-refractivity contribution in [1.82, 2.24) is 19.2 Å². The summed E-state index contributed by atoms with van der Waals surface area (Å²) in [7, 11) is 0. The van der Waals surface area contributed by atoms with Crippen molar-refractivity contribution in [2.75, 3.05) is 49.7 Å². The lowest BCUT2D eigenvalue weighted by molar-refractivity contribution is 0.0694. The summed E-state index contributed by atoms with van der Waals surface area (Å²) in [6, 6.07) is 27.2. The van der Waals surface area contributed by atoms with E-state index in [-0.39, 0.29) is 62.5 Å². The highest BCUT2D eigenvalue weighted by Crippen LogP contribution is 2.41. The lowest BCUT2D eigenvalue weighted by atomic mass is 9.95. The standard InChI is InChI=1S/2C25H22FN3O4/c2*1-16-9-10-18-21(17-7-3-2-4-8-17)29-15-27(12-5-6-14-33-24(18)20(16)26)25(32)22-23(31)19(30)11-13-28(22)29/h2*2-11,13,21,31H,12,14-15H2,1H3/b2*6-5-/t2*21-/m10/s1. The van der Waals surface area contributed by atoms with E-state index in [0.29, 0.717) is 22.3 Å². The fraction of sp³-hybridized carbons (Fsp3) is 0.200. The average molecular weight is 895 g/mol. The van der Waals surface area contributed by atoms with Gasteiger partial charge in [0.1, 0.15) is 38.6 Å². The van der Waals surface area contributed by atoms with Crippen molar-refractivity contribution >= 4 is 11.8 Å². The molecule has 66 heavy (non-hydrogen) atoms. The lowest BCUT2D eigenvalue weighted by Crippen LogP contribution is -2.55. The summed E-state index contributed by atoms with van der Waals surface area (Å²) in [5.41, 5.74) is 2.17. The van der Waals surface area contributed by atoms with Crippen molar-refractivity contribution in [3.8, 4) is 23.0 Å². The van der Waals surface area contributed by atoms with Gasteiger partial charge in [-0.2, -0.15) is 0 Å². The second-order valence-corrected chi connectivity index (χ2v) is 16.1. The summed E-state index contributed by atoms with van der Waals surface area (Å²) in [5.74, 6) is -2.80. The minimum Gasteiger partial charge on any atom is -0.502 e. The van der Waals surface area contributed by atoms with Gasteiger partial charge in [-0.05, 0) is 48.3 Å². The third-order valence-electron chi connectivity index (χ3n) is 12.0. The topological polar surface area (TPSA) is 150 Å². The number of ether oxygens (including phenoxy) is 2. The Hall–Kier alpha value is -8.14. The van der Waals surface area contributed by atoms with Gasteiger partial charge in [0.05, 0.1) is 0 Å². The molecule has 2 amide bonds. The van der Waals surface area contributed by atoms with E-state index in [4.69, 9.17) is 9.47 Å². The number of carbonyl (C=O) groups excluding carboxylic acids is 2. The van der Waals surface area contributed by atoms with Gasteiger partial charge in [0.25, 0.3) is 11.8 Å². The van der Waals surface area contributed by atoms with Crippen molar-refractivity contribution in [2.24, 2.45) is 0 Å². The Bertz CT molecular complexity index is 2840. The molecule has 2 atom stereocenters. The van der Waals surface area contributed by atoms with Gasteiger partial charge in [0.2, 0.25) is 10.9 Å². The van der Waals surface area contributed by atoms with Crippen LogP contribution in [0.25, 0.3) is 0 Å². The molecule has 0 unspecified atom stereocenters. The Labute approximate surface area is 377 Å². The van der Waals surface area contributed by atoms with E-state index in [0.717, 1.165) is 11.1 Å². The maximum atomic E-state index is 15.3. The van der Waals surface area contributed by atoms with Crippen molar-refractivity contribution in [2.45, 2.75) is 25.9 Å². The predicted octanol–water partition coefficient (Wildman–Crippen LogP) is 6.18. The SMILES string of the molecule is Cc1ccc2c(c1F)OC/C=C\CN1CN([C@@H]2c2ccccc2)n2ccc(=O)c(O)c2C1=O.Cc1ccc2c(c1F)OC/C=C\CN1CN([C@H]2c2ccccc2)n2ccc(=O)c(O)c2C1=O. The zero-order valence-corrected chi connectivity index (χ0v) is 35.9. The number of hydrogen-bond acceptors (Lipinski definition) is 10. The fourth-order valence-corrected chi connectivity index (χ4v) is 8.63. The molecule has 0 spiro atoms. The van der Waals surface area contributed by atoms with Crippen LogP contribution in [0.4, 0.5) is 8.78 Å². The van der Waals surface area contributed by atoms with Crippen LogP contribution >= 0.6 is 0 Å². The van der Waals surface area contributed by atoms with Crippen molar-refractivity contribution in [3.63, 3.8) is 0 Å². The van der Waals surface area contributed by atoms with E-state index < -0.39 is 57.9 Å². The number of nitrogens with zero attached hydrogens (tertiary/aromatic N) is 6. The zero-order chi connectivity index (χ0) is 46.2. The number of aryl methyl sites for hydroxylation is 2. The Balaban J connectivity index is 0.000000166. The molecule has 0 saturated carbocycles. The third-order valence-corrected chi connectivity index (χ3v) is 12.0. The van der Waals surface area contributed by atoms with Gasteiger partial charge in [-0.25, -0.2) is 8.78 Å².